The van der Waals surface area contributed by atoms with Crippen LogP contribution in [0, 0.1) is 0 Å². The number of nitrogens with zero attached hydrogens (tertiary/aromatic N) is 2. The predicted molar refractivity (Wildman–Crippen MR) is 139 cm³/mol. The number of thiazole rings is 1. The summed E-state index contributed by atoms with van der Waals surface area (Å²) in [5.41, 5.74) is 4.62. The fraction of sp³-hybridized carbons (Fsp3) is 0.321. The number of piperidine rings is 1. The minimum atomic E-state index is 0.242. The van der Waals surface area contributed by atoms with Crippen LogP contribution in [0.3, 0.4) is 0 Å². The molecular weight excluding hydrogens is 426 g/mol. The third kappa shape index (κ3) is 4.75. The third-order valence-corrected chi connectivity index (χ3v) is 7.46. The quantitative estimate of drug-likeness (QED) is 0.331. The summed E-state index contributed by atoms with van der Waals surface area (Å²) in [5.74, 6) is 0.872. The zero-order chi connectivity index (χ0) is 22.6. The summed E-state index contributed by atoms with van der Waals surface area (Å²) in [6.07, 6.45) is 3.84. The molecule has 2 heterocycles. The summed E-state index contributed by atoms with van der Waals surface area (Å²) in [7, 11) is 1.73. The maximum absolute atomic E-state index is 5.68. The Hall–Kier alpha value is -2.89. The van der Waals surface area contributed by atoms with E-state index < -0.39 is 0 Å². The lowest BCUT2D eigenvalue weighted by atomic mass is 9.99. The van der Waals surface area contributed by atoms with Gasteiger partial charge in [-0.3, -0.25) is 0 Å². The second kappa shape index (κ2) is 9.94. The Morgan fingerprint density at radius 3 is 2.70 bits per heavy atom. The topological polar surface area (TPSA) is 37.4 Å². The molecule has 0 radical (unpaired) electrons. The number of hydrogen-bond donors (Lipinski definition) is 1. The Morgan fingerprint density at radius 1 is 1.03 bits per heavy atom. The Labute approximate surface area is 200 Å². The van der Waals surface area contributed by atoms with Crippen LogP contribution in [0.5, 0.6) is 5.75 Å². The minimum absolute atomic E-state index is 0.242. The van der Waals surface area contributed by atoms with Crippen molar-refractivity contribution in [1.29, 1.82) is 0 Å². The van der Waals surface area contributed by atoms with E-state index in [4.69, 9.17) is 9.72 Å². The van der Waals surface area contributed by atoms with Crippen LogP contribution in [-0.2, 0) is 6.54 Å². The Balaban J connectivity index is 1.34. The standard InChI is InChI=1S/C28H31N3OS/c1-20(23-12-8-10-22-9-4-5-11-24(22)23)29-18-21-13-14-27(32-2)25(17-21)26-19-33-28(30-26)31-15-6-3-7-16-31/h4-5,8-14,17,19-20,29H,3,6-7,15-16,18H2,1-2H3/t20-/m1/s1. The average Bonchev–Trinajstić information content (AvgIpc) is 3.37. The smallest absolute Gasteiger partial charge is 0.185 e. The van der Waals surface area contributed by atoms with Crippen LogP contribution >= 0.6 is 11.3 Å². The maximum atomic E-state index is 5.68. The fourth-order valence-electron chi connectivity index (χ4n) is 4.69. The summed E-state index contributed by atoms with van der Waals surface area (Å²) in [6.45, 7) is 5.24. The SMILES string of the molecule is COc1ccc(CN[C@H](C)c2cccc3ccccc23)cc1-c1csc(N2CCCCC2)n1. The van der Waals surface area contributed by atoms with Crippen molar-refractivity contribution in [2.45, 2.75) is 38.8 Å². The van der Waals surface area contributed by atoms with Gasteiger partial charge in [0.25, 0.3) is 0 Å². The highest BCUT2D eigenvalue weighted by atomic mass is 32.1. The van der Waals surface area contributed by atoms with Crippen molar-refractivity contribution in [2.75, 3.05) is 25.1 Å². The first-order chi connectivity index (χ1) is 16.2. The van der Waals surface area contributed by atoms with Crippen molar-refractivity contribution in [3.63, 3.8) is 0 Å². The Morgan fingerprint density at radius 2 is 1.85 bits per heavy atom. The molecule has 0 aliphatic carbocycles. The lowest BCUT2D eigenvalue weighted by molar-refractivity contribution is 0.416. The molecule has 3 aromatic carbocycles. The van der Waals surface area contributed by atoms with Gasteiger partial charge < -0.3 is 15.0 Å². The first kappa shape index (κ1) is 21.9. The molecule has 1 N–H and O–H groups in total. The molecule has 1 aliphatic rings. The minimum Gasteiger partial charge on any atom is -0.496 e. The molecule has 5 heteroatoms. The Bertz CT molecular complexity index is 1220. The predicted octanol–water partition coefficient (Wildman–Crippen LogP) is 6.81. The number of methoxy groups -OCH3 is 1. The molecule has 1 saturated heterocycles. The lowest BCUT2D eigenvalue weighted by Gasteiger charge is -2.25. The van der Waals surface area contributed by atoms with Gasteiger partial charge in [0, 0.05) is 36.6 Å². The molecule has 5 rings (SSSR count). The number of fused-ring (bicyclic) bond motifs is 1. The number of nitrogens with one attached hydrogen (secondary N) is 1. The molecule has 0 bridgehead atoms. The molecule has 33 heavy (non-hydrogen) atoms. The van der Waals surface area contributed by atoms with E-state index in [1.807, 2.05) is 0 Å². The molecule has 4 aromatic rings. The van der Waals surface area contributed by atoms with Crippen molar-refractivity contribution in [2.24, 2.45) is 0 Å². The largest absolute Gasteiger partial charge is 0.496 e. The van der Waals surface area contributed by atoms with Crippen molar-refractivity contribution in [3.05, 3.63) is 77.2 Å². The molecule has 0 spiro atoms. The number of ether oxygens (including phenoxy) is 1. The van der Waals surface area contributed by atoms with Crippen LogP contribution in [0.2, 0.25) is 0 Å². The van der Waals surface area contributed by atoms with E-state index in [1.54, 1.807) is 18.4 Å². The highest BCUT2D eigenvalue weighted by Gasteiger charge is 2.17. The zero-order valence-corrected chi connectivity index (χ0v) is 20.2. The summed E-state index contributed by atoms with van der Waals surface area (Å²) in [6, 6.07) is 21.8. The van der Waals surface area contributed by atoms with Gasteiger partial charge in [0.1, 0.15) is 5.75 Å². The van der Waals surface area contributed by atoms with E-state index in [1.165, 1.54) is 41.2 Å². The van der Waals surface area contributed by atoms with Crippen LogP contribution in [0.25, 0.3) is 22.0 Å². The van der Waals surface area contributed by atoms with E-state index in [2.05, 4.69) is 83.2 Å². The molecule has 170 valence electrons. The van der Waals surface area contributed by atoms with Crippen LogP contribution < -0.4 is 15.0 Å². The molecule has 0 amide bonds. The monoisotopic (exact) mass is 457 g/mol. The van der Waals surface area contributed by atoms with Gasteiger partial charge in [0.2, 0.25) is 0 Å². The van der Waals surface area contributed by atoms with Crippen LogP contribution in [-0.4, -0.2) is 25.2 Å². The molecular formula is C28H31N3OS. The second-order valence-corrected chi connectivity index (χ2v) is 9.61. The first-order valence-electron chi connectivity index (χ1n) is 11.8. The molecule has 0 unspecified atom stereocenters. The van der Waals surface area contributed by atoms with Crippen molar-refractivity contribution in [1.82, 2.24) is 10.3 Å². The van der Waals surface area contributed by atoms with Gasteiger partial charge in [0.15, 0.2) is 5.13 Å². The molecule has 1 aromatic heterocycles. The molecule has 1 atom stereocenters. The first-order valence-corrected chi connectivity index (χ1v) is 12.7. The summed E-state index contributed by atoms with van der Waals surface area (Å²) in [4.78, 5) is 7.39. The van der Waals surface area contributed by atoms with Gasteiger partial charge in [-0.1, -0.05) is 48.5 Å². The van der Waals surface area contributed by atoms with E-state index >= 15 is 0 Å². The van der Waals surface area contributed by atoms with Crippen molar-refractivity contribution < 1.29 is 4.74 Å². The normalized spacial score (nSPS) is 15.0. The molecule has 4 nitrogen and oxygen atoms in total. The summed E-state index contributed by atoms with van der Waals surface area (Å²) < 4.78 is 5.68. The zero-order valence-electron chi connectivity index (χ0n) is 19.4. The number of rotatable bonds is 7. The average molecular weight is 458 g/mol. The highest BCUT2D eigenvalue weighted by molar-refractivity contribution is 7.14. The third-order valence-electron chi connectivity index (χ3n) is 6.56. The van der Waals surface area contributed by atoms with Gasteiger partial charge in [-0.05, 0) is 60.2 Å². The van der Waals surface area contributed by atoms with E-state index in [0.29, 0.717) is 0 Å². The van der Waals surface area contributed by atoms with Crippen LogP contribution in [0.15, 0.2) is 66.0 Å². The van der Waals surface area contributed by atoms with E-state index in [-0.39, 0.29) is 6.04 Å². The fourth-order valence-corrected chi connectivity index (χ4v) is 5.57. The maximum Gasteiger partial charge on any atom is 0.185 e. The molecule has 1 fully saturated rings. The summed E-state index contributed by atoms with van der Waals surface area (Å²) in [5, 5.41) is 9.59. The lowest BCUT2D eigenvalue weighted by Crippen LogP contribution is -2.29. The number of aromatic nitrogens is 1. The van der Waals surface area contributed by atoms with Gasteiger partial charge in [-0.25, -0.2) is 4.98 Å². The number of anilines is 1. The van der Waals surface area contributed by atoms with E-state index in [0.717, 1.165) is 41.8 Å². The van der Waals surface area contributed by atoms with Gasteiger partial charge in [-0.15, -0.1) is 11.3 Å². The summed E-state index contributed by atoms with van der Waals surface area (Å²) >= 11 is 1.74. The molecule has 1 aliphatic heterocycles. The van der Waals surface area contributed by atoms with E-state index in [9.17, 15) is 0 Å². The van der Waals surface area contributed by atoms with Gasteiger partial charge >= 0.3 is 0 Å². The highest BCUT2D eigenvalue weighted by Crippen LogP contribution is 2.35. The van der Waals surface area contributed by atoms with Crippen molar-refractivity contribution >= 4 is 27.2 Å². The van der Waals surface area contributed by atoms with Crippen LogP contribution in [0.4, 0.5) is 5.13 Å². The van der Waals surface area contributed by atoms with Gasteiger partial charge in [-0.2, -0.15) is 0 Å². The van der Waals surface area contributed by atoms with Crippen molar-refractivity contribution in [3.8, 4) is 17.0 Å². The molecule has 0 saturated carbocycles. The number of benzene rings is 3. The Kier molecular flexibility index (Phi) is 6.60. The number of hydrogen-bond acceptors (Lipinski definition) is 5. The second-order valence-electron chi connectivity index (χ2n) is 8.77. The van der Waals surface area contributed by atoms with Gasteiger partial charge in [0.05, 0.1) is 12.8 Å². The van der Waals surface area contributed by atoms with Crippen LogP contribution in [0.1, 0.15) is 43.4 Å².